The van der Waals surface area contributed by atoms with Crippen molar-refractivity contribution < 1.29 is 33.3 Å². The molecule has 9 nitrogen and oxygen atoms in total. The molecule has 178 valence electrons. The van der Waals surface area contributed by atoms with Crippen molar-refractivity contribution in [3.8, 4) is 11.5 Å². The number of esters is 1. The summed E-state index contributed by atoms with van der Waals surface area (Å²) in [6.07, 6.45) is -1.34. The lowest BCUT2D eigenvalue weighted by atomic mass is 10.1. The van der Waals surface area contributed by atoms with Gasteiger partial charge in [0.05, 0.1) is 7.11 Å². The zero-order valence-electron chi connectivity index (χ0n) is 19.5. The summed E-state index contributed by atoms with van der Waals surface area (Å²) < 4.78 is 21.2. The van der Waals surface area contributed by atoms with Crippen LogP contribution in [0.2, 0.25) is 0 Å². The SMILES string of the molecule is CNC(=O)Oc1cc(CC(NC(=O)OC(C)(C)C)C(=O)OC)ccc1OCc1ccccc1. The van der Waals surface area contributed by atoms with Crippen LogP contribution in [0.5, 0.6) is 11.5 Å². The van der Waals surface area contributed by atoms with Gasteiger partial charge in [-0.3, -0.25) is 0 Å². The van der Waals surface area contributed by atoms with Crippen molar-refractivity contribution in [2.45, 2.75) is 45.4 Å². The highest BCUT2D eigenvalue weighted by Crippen LogP contribution is 2.30. The predicted molar refractivity (Wildman–Crippen MR) is 121 cm³/mol. The highest BCUT2D eigenvalue weighted by Gasteiger charge is 2.26. The highest BCUT2D eigenvalue weighted by molar-refractivity contribution is 5.81. The van der Waals surface area contributed by atoms with Crippen LogP contribution in [0.4, 0.5) is 9.59 Å². The lowest BCUT2D eigenvalue weighted by Gasteiger charge is -2.23. The van der Waals surface area contributed by atoms with Crippen molar-refractivity contribution in [2.75, 3.05) is 14.2 Å². The maximum atomic E-state index is 12.2. The van der Waals surface area contributed by atoms with Gasteiger partial charge in [0.25, 0.3) is 0 Å². The van der Waals surface area contributed by atoms with Gasteiger partial charge in [0.2, 0.25) is 0 Å². The molecule has 2 amide bonds. The van der Waals surface area contributed by atoms with E-state index in [1.54, 1.807) is 39.0 Å². The lowest BCUT2D eigenvalue weighted by Crippen LogP contribution is -2.45. The van der Waals surface area contributed by atoms with E-state index in [2.05, 4.69) is 10.6 Å². The van der Waals surface area contributed by atoms with Gasteiger partial charge in [0.1, 0.15) is 18.2 Å². The minimum absolute atomic E-state index is 0.0784. The molecule has 2 aromatic rings. The Morgan fingerprint density at radius 1 is 0.939 bits per heavy atom. The number of carbonyl (C=O) groups is 3. The molecule has 0 heterocycles. The van der Waals surface area contributed by atoms with E-state index in [-0.39, 0.29) is 18.8 Å². The van der Waals surface area contributed by atoms with Crippen LogP contribution in [0.3, 0.4) is 0 Å². The van der Waals surface area contributed by atoms with Crippen molar-refractivity contribution in [3.05, 3.63) is 59.7 Å². The fourth-order valence-electron chi connectivity index (χ4n) is 2.79. The van der Waals surface area contributed by atoms with Crippen LogP contribution in [0.25, 0.3) is 0 Å². The first-order valence-electron chi connectivity index (χ1n) is 10.4. The number of hydrogen-bond acceptors (Lipinski definition) is 7. The molecular formula is C24H30N2O7. The van der Waals surface area contributed by atoms with Gasteiger partial charge in [-0.15, -0.1) is 0 Å². The summed E-state index contributed by atoms with van der Waals surface area (Å²) >= 11 is 0. The van der Waals surface area contributed by atoms with Crippen LogP contribution in [0.1, 0.15) is 31.9 Å². The molecule has 0 fully saturated rings. The molecular weight excluding hydrogens is 428 g/mol. The van der Waals surface area contributed by atoms with E-state index in [9.17, 15) is 14.4 Å². The zero-order valence-corrected chi connectivity index (χ0v) is 19.5. The molecule has 0 saturated heterocycles. The molecule has 2 rings (SSSR count). The quantitative estimate of drug-likeness (QED) is 0.581. The van der Waals surface area contributed by atoms with Gasteiger partial charge in [0, 0.05) is 13.5 Å². The van der Waals surface area contributed by atoms with Crippen molar-refractivity contribution in [1.82, 2.24) is 10.6 Å². The third-order valence-corrected chi connectivity index (χ3v) is 4.27. The third kappa shape index (κ3) is 8.72. The van der Waals surface area contributed by atoms with Crippen LogP contribution in [-0.2, 0) is 27.3 Å². The van der Waals surface area contributed by atoms with E-state index in [0.717, 1.165) is 5.56 Å². The Kier molecular flexibility index (Phi) is 9.08. The summed E-state index contributed by atoms with van der Waals surface area (Å²) in [6.45, 7) is 5.43. The first kappa shape index (κ1) is 25.5. The molecule has 0 aliphatic heterocycles. The second-order valence-corrected chi connectivity index (χ2v) is 8.12. The molecule has 0 spiro atoms. The lowest BCUT2D eigenvalue weighted by molar-refractivity contribution is -0.143. The first-order chi connectivity index (χ1) is 15.6. The Hall–Kier alpha value is -3.75. The predicted octanol–water partition coefficient (Wildman–Crippen LogP) is 3.59. The van der Waals surface area contributed by atoms with Crippen LogP contribution in [0, 0.1) is 0 Å². The molecule has 1 atom stereocenters. The van der Waals surface area contributed by atoms with Crippen molar-refractivity contribution >= 4 is 18.2 Å². The molecule has 0 aliphatic rings. The number of rotatable bonds is 8. The van der Waals surface area contributed by atoms with E-state index >= 15 is 0 Å². The molecule has 33 heavy (non-hydrogen) atoms. The molecule has 2 N–H and O–H groups in total. The topological polar surface area (TPSA) is 112 Å². The highest BCUT2D eigenvalue weighted by atomic mass is 16.6. The summed E-state index contributed by atoms with van der Waals surface area (Å²) in [4.78, 5) is 36.2. The second-order valence-electron chi connectivity index (χ2n) is 8.12. The van der Waals surface area contributed by atoms with Gasteiger partial charge in [-0.25, -0.2) is 14.4 Å². The molecule has 0 aromatic heterocycles. The average Bonchev–Trinajstić information content (AvgIpc) is 2.76. The van der Waals surface area contributed by atoms with Gasteiger partial charge >= 0.3 is 18.2 Å². The van der Waals surface area contributed by atoms with Crippen molar-refractivity contribution in [3.63, 3.8) is 0 Å². The standard InChI is InChI=1S/C24H30N2O7/c1-24(2,3)33-23(29)26-18(21(27)30-5)13-17-11-12-19(20(14-17)32-22(28)25-4)31-15-16-9-7-6-8-10-16/h6-12,14,18H,13,15H2,1-5H3,(H,25,28)(H,26,29). The summed E-state index contributed by atoms with van der Waals surface area (Å²) in [6, 6.07) is 13.4. The van der Waals surface area contributed by atoms with Crippen LogP contribution in [0.15, 0.2) is 48.5 Å². The van der Waals surface area contributed by atoms with Crippen LogP contribution < -0.4 is 20.1 Å². The van der Waals surface area contributed by atoms with Gasteiger partial charge in [-0.2, -0.15) is 0 Å². The minimum Gasteiger partial charge on any atom is -0.485 e. The first-order valence-corrected chi connectivity index (χ1v) is 10.4. The van der Waals surface area contributed by atoms with Gasteiger partial charge < -0.3 is 29.6 Å². The summed E-state index contributed by atoms with van der Waals surface area (Å²) in [5.74, 6) is -0.122. The van der Waals surface area contributed by atoms with E-state index in [1.807, 2.05) is 30.3 Å². The molecule has 9 heteroatoms. The monoisotopic (exact) mass is 458 g/mol. The average molecular weight is 459 g/mol. The third-order valence-electron chi connectivity index (χ3n) is 4.27. The molecule has 0 saturated carbocycles. The van der Waals surface area contributed by atoms with E-state index in [1.165, 1.54) is 14.2 Å². The Morgan fingerprint density at radius 3 is 2.24 bits per heavy atom. The molecule has 0 bridgehead atoms. The number of methoxy groups -OCH3 is 1. The van der Waals surface area contributed by atoms with Crippen LogP contribution in [-0.4, -0.2) is 44.0 Å². The van der Waals surface area contributed by atoms with Gasteiger partial charge in [-0.1, -0.05) is 36.4 Å². The van der Waals surface area contributed by atoms with Crippen LogP contribution >= 0.6 is 0 Å². The largest absolute Gasteiger partial charge is 0.485 e. The molecule has 1 unspecified atom stereocenters. The van der Waals surface area contributed by atoms with Gasteiger partial charge in [0.15, 0.2) is 11.5 Å². The second kappa shape index (κ2) is 11.8. The molecule has 0 radical (unpaired) electrons. The zero-order chi connectivity index (χ0) is 24.4. The number of amides is 2. The minimum atomic E-state index is -1.01. The fourth-order valence-corrected chi connectivity index (χ4v) is 2.79. The Balaban J connectivity index is 2.22. The van der Waals surface area contributed by atoms with Crippen molar-refractivity contribution in [1.29, 1.82) is 0 Å². The Morgan fingerprint density at radius 2 is 1.64 bits per heavy atom. The maximum Gasteiger partial charge on any atom is 0.412 e. The Bertz CT molecular complexity index is 955. The van der Waals surface area contributed by atoms with E-state index < -0.39 is 29.8 Å². The summed E-state index contributed by atoms with van der Waals surface area (Å²) in [5, 5.41) is 4.90. The molecule has 0 aliphatic carbocycles. The normalized spacial score (nSPS) is 11.7. The summed E-state index contributed by atoms with van der Waals surface area (Å²) in [5.41, 5.74) is 0.823. The Labute approximate surface area is 193 Å². The fraction of sp³-hybridized carbons (Fsp3) is 0.375. The van der Waals surface area contributed by atoms with Crippen molar-refractivity contribution in [2.24, 2.45) is 0 Å². The number of alkyl carbamates (subject to hydrolysis) is 1. The summed E-state index contributed by atoms with van der Waals surface area (Å²) in [7, 11) is 2.67. The number of benzene rings is 2. The smallest absolute Gasteiger partial charge is 0.412 e. The molecule has 2 aromatic carbocycles. The maximum absolute atomic E-state index is 12.2. The number of hydrogen-bond donors (Lipinski definition) is 2. The number of carbonyl (C=O) groups excluding carboxylic acids is 3. The van der Waals surface area contributed by atoms with E-state index in [0.29, 0.717) is 11.3 Å². The number of ether oxygens (including phenoxy) is 4. The number of nitrogens with one attached hydrogen (secondary N) is 2. The van der Waals surface area contributed by atoms with E-state index in [4.69, 9.17) is 18.9 Å². The van der Waals surface area contributed by atoms with Gasteiger partial charge in [-0.05, 0) is 44.0 Å².